The standard InChI is InChI=1S/C14H23N3O3/c1-10(18)14(2,3)16-8-9-20-12-6-4-11(5-7-12)13(15)17-19/h4-7,10,16,18-19H,8-9H2,1-3H3,(H2,15,17). The number of ether oxygens (including phenoxy) is 1. The average Bonchev–Trinajstić information content (AvgIpc) is 2.43. The molecule has 1 atom stereocenters. The van der Waals surface area contributed by atoms with Crippen LogP contribution in [0.4, 0.5) is 0 Å². The van der Waals surface area contributed by atoms with Gasteiger partial charge in [0.1, 0.15) is 12.4 Å². The van der Waals surface area contributed by atoms with Gasteiger partial charge in [-0.2, -0.15) is 0 Å². The van der Waals surface area contributed by atoms with E-state index in [9.17, 15) is 5.11 Å². The third-order valence-corrected chi connectivity index (χ3v) is 3.25. The summed E-state index contributed by atoms with van der Waals surface area (Å²) in [6, 6.07) is 6.95. The van der Waals surface area contributed by atoms with Crippen LogP contribution in [0.3, 0.4) is 0 Å². The van der Waals surface area contributed by atoms with Crippen molar-refractivity contribution in [3.05, 3.63) is 29.8 Å². The highest BCUT2D eigenvalue weighted by Gasteiger charge is 2.22. The quantitative estimate of drug-likeness (QED) is 0.196. The molecule has 1 aromatic rings. The van der Waals surface area contributed by atoms with E-state index in [1.165, 1.54) is 0 Å². The van der Waals surface area contributed by atoms with Crippen molar-refractivity contribution in [2.45, 2.75) is 32.4 Å². The van der Waals surface area contributed by atoms with E-state index in [-0.39, 0.29) is 11.4 Å². The lowest BCUT2D eigenvalue weighted by Crippen LogP contribution is -2.49. The highest BCUT2D eigenvalue weighted by atomic mass is 16.5. The second kappa shape index (κ2) is 7.12. The van der Waals surface area contributed by atoms with Crippen molar-refractivity contribution < 1.29 is 15.1 Å². The largest absolute Gasteiger partial charge is 0.492 e. The average molecular weight is 281 g/mol. The highest BCUT2D eigenvalue weighted by Crippen LogP contribution is 2.12. The van der Waals surface area contributed by atoms with Crippen LogP contribution in [0.15, 0.2) is 29.4 Å². The topological polar surface area (TPSA) is 100 Å². The number of rotatable bonds is 7. The van der Waals surface area contributed by atoms with Crippen molar-refractivity contribution in [3.63, 3.8) is 0 Å². The molecule has 0 spiro atoms. The Morgan fingerprint density at radius 3 is 2.50 bits per heavy atom. The van der Waals surface area contributed by atoms with E-state index in [0.29, 0.717) is 24.5 Å². The second-order valence-electron chi connectivity index (χ2n) is 5.18. The lowest BCUT2D eigenvalue weighted by atomic mass is 9.99. The Hall–Kier alpha value is -1.79. The van der Waals surface area contributed by atoms with Crippen molar-refractivity contribution >= 4 is 5.84 Å². The number of hydrogen-bond acceptors (Lipinski definition) is 5. The molecule has 0 heterocycles. The molecule has 5 N–H and O–H groups in total. The van der Waals surface area contributed by atoms with Gasteiger partial charge in [-0.05, 0) is 45.0 Å². The predicted octanol–water partition coefficient (Wildman–Crippen LogP) is 0.909. The molecule has 0 aliphatic rings. The third-order valence-electron chi connectivity index (χ3n) is 3.25. The number of aliphatic hydroxyl groups is 1. The molecule has 0 saturated carbocycles. The fraction of sp³-hybridized carbons (Fsp3) is 0.500. The summed E-state index contributed by atoms with van der Waals surface area (Å²) in [5, 5.41) is 24.3. The van der Waals surface area contributed by atoms with Gasteiger partial charge in [0.2, 0.25) is 0 Å². The summed E-state index contributed by atoms with van der Waals surface area (Å²) in [5.41, 5.74) is 5.75. The fourth-order valence-electron chi connectivity index (χ4n) is 1.47. The molecule has 0 amide bonds. The summed E-state index contributed by atoms with van der Waals surface area (Å²) in [4.78, 5) is 0. The maximum absolute atomic E-state index is 9.56. The molecule has 0 aliphatic heterocycles. The van der Waals surface area contributed by atoms with Crippen LogP contribution in [-0.4, -0.2) is 40.9 Å². The van der Waals surface area contributed by atoms with Gasteiger partial charge in [0.05, 0.1) is 6.10 Å². The molecule has 6 nitrogen and oxygen atoms in total. The van der Waals surface area contributed by atoms with Crippen LogP contribution in [0.1, 0.15) is 26.3 Å². The van der Waals surface area contributed by atoms with Gasteiger partial charge < -0.3 is 26.1 Å². The van der Waals surface area contributed by atoms with Gasteiger partial charge in [-0.25, -0.2) is 0 Å². The molecule has 0 aliphatic carbocycles. The maximum Gasteiger partial charge on any atom is 0.170 e. The summed E-state index contributed by atoms with van der Waals surface area (Å²) in [7, 11) is 0. The van der Waals surface area contributed by atoms with Crippen LogP contribution in [0.2, 0.25) is 0 Å². The highest BCUT2D eigenvalue weighted by molar-refractivity contribution is 5.97. The molecular weight excluding hydrogens is 258 g/mol. The molecule has 0 saturated heterocycles. The molecule has 20 heavy (non-hydrogen) atoms. The fourth-order valence-corrected chi connectivity index (χ4v) is 1.47. The zero-order valence-electron chi connectivity index (χ0n) is 12.1. The minimum Gasteiger partial charge on any atom is -0.492 e. The van der Waals surface area contributed by atoms with E-state index in [2.05, 4.69) is 10.5 Å². The molecule has 1 aromatic carbocycles. The van der Waals surface area contributed by atoms with E-state index >= 15 is 0 Å². The van der Waals surface area contributed by atoms with E-state index < -0.39 is 6.10 Å². The van der Waals surface area contributed by atoms with Gasteiger partial charge in [0.25, 0.3) is 0 Å². The number of nitrogens with two attached hydrogens (primary N) is 1. The van der Waals surface area contributed by atoms with Crippen molar-refractivity contribution in [3.8, 4) is 5.75 Å². The number of amidine groups is 1. The SMILES string of the molecule is CC(O)C(C)(C)NCCOc1ccc(/C(N)=N/O)cc1. The molecule has 1 unspecified atom stereocenters. The van der Waals surface area contributed by atoms with Crippen LogP contribution < -0.4 is 15.8 Å². The van der Waals surface area contributed by atoms with Crippen LogP contribution in [-0.2, 0) is 0 Å². The first-order valence-electron chi connectivity index (χ1n) is 6.50. The summed E-state index contributed by atoms with van der Waals surface area (Å²) < 4.78 is 5.56. The molecule has 0 radical (unpaired) electrons. The Morgan fingerprint density at radius 2 is 2.00 bits per heavy atom. The van der Waals surface area contributed by atoms with Crippen molar-refractivity contribution in [2.75, 3.05) is 13.2 Å². The van der Waals surface area contributed by atoms with E-state index in [0.717, 1.165) is 0 Å². The van der Waals surface area contributed by atoms with Crippen molar-refractivity contribution in [1.82, 2.24) is 5.32 Å². The molecule has 0 fully saturated rings. The van der Waals surface area contributed by atoms with Crippen LogP contribution in [0.5, 0.6) is 5.75 Å². The summed E-state index contributed by atoms with van der Waals surface area (Å²) in [5.74, 6) is 0.771. The lowest BCUT2D eigenvalue weighted by molar-refractivity contribution is 0.0937. The van der Waals surface area contributed by atoms with Gasteiger partial charge in [-0.3, -0.25) is 0 Å². The third kappa shape index (κ3) is 4.71. The zero-order chi connectivity index (χ0) is 15.2. The smallest absolute Gasteiger partial charge is 0.170 e. The lowest BCUT2D eigenvalue weighted by Gasteiger charge is -2.29. The Kier molecular flexibility index (Phi) is 5.79. The van der Waals surface area contributed by atoms with Crippen LogP contribution in [0, 0.1) is 0 Å². The first-order chi connectivity index (χ1) is 9.36. The minimum absolute atomic E-state index is 0.0666. The number of aliphatic hydroxyl groups excluding tert-OH is 1. The van der Waals surface area contributed by atoms with Gasteiger partial charge in [0.15, 0.2) is 5.84 Å². The van der Waals surface area contributed by atoms with E-state index in [1.54, 1.807) is 31.2 Å². The van der Waals surface area contributed by atoms with Gasteiger partial charge >= 0.3 is 0 Å². The summed E-state index contributed by atoms with van der Waals surface area (Å²) in [6.45, 7) is 6.73. The number of oxime groups is 1. The zero-order valence-corrected chi connectivity index (χ0v) is 12.1. The number of benzene rings is 1. The molecule has 6 heteroatoms. The monoisotopic (exact) mass is 281 g/mol. The molecule has 0 aromatic heterocycles. The Balaban J connectivity index is 2.40. The van der Waals surface area contributed by atoms with Crippen LogP contribution >= 0.6 is 0 Å². The Bertz CT molecular complexity index is 441. The molecule has 112 valence electrons. The van der Waals surface area contributed by atoms with Crippen molar-refractivity contribution in [2.24, 2.45) is 10.9 Å². The first kappa shape index (κ1) is 16.3. The van der Waals surface area contributed by atoms with E-state index in [4.69, 9.17) is 15.7 Å². The van der Waals surface area contributed by atoms with E-state index in [1.807, 2.05) is 13.8 Å². The van der Waals surface area contributed by atoms with Gasteiger partial charge in [0, 0.05) is 17.6 Å². The van der Waals surface area contributed by atoms with Gasteiger partial charge in [-0.1, -0.05) is 5.16 Å². The predicted molar refractivity (Wildman–Crippen MR) is 78.2 cm³/mol. The first-order valence-corrected chi connectivity index (χ1v) is 6.50. The maximum atomic E-state index is 9.56. The second-order valence-corrected chi connectivity index (χ2v) is 5.18. The number of nitrogens with one attached hydrogen (secondary N) is 1. The molecule has 0 bridgehead atoms. The summed E-state index contributed by atoms with van der Waals surface area (Å²) >= 11 is 0. The number of nitrogens with zero attached hydrogens (tertiary/aromatic N) is 1. The molecule has 1 rings (SSSR count). The molecular formula is C14H23N3O3. The van der Waals surface area contributed by atoms with Crippen LogP contribution in [0.25, 0.3) is 0 Å². The Labute approximate surface area is 119 Å². The van der Waals surface area contributed by atoms with Crippen molar-refractivity contribution in [1.29, 1.82) is 0 Å². The number of hydrogen-bond donors (Lipinski definition) is 4. The summed E-state index contributed by atoms with van der Waals surface area (Å²) in [6.07, 6.45) is -0.442. The minimum atomic E-state index is -0.442. The normalized spacial score (nSPS) is 14.1. The van der Waals surface area contributed by atoms with Gasteiger partial charge in [-0.15, -0.1) is 0 Å². The Morgan fingerprint density at radius 1 is 1.40 bits per heavy atom.